The quantitative estimate of drug-likeness (QED) is 0.434. The van der Waals surface area contributed by atoms with Gasteiger partial charge in [0.1, 0.15) is 0 Å². The molecule has 198 valence electrons. The Morgan fingerprint density at radius 2 is 1.76 bits per heavy atom. The van der Waals surface area contributed by atoms with Gasteiger partial charge in [-0.25, -0.2) is 9.50 Å². The number of benzene rings is 1. The molecular formula is C27H31F3N4O3. The summed E-state index contributed by atoms with van der Waals surface area (Å²) in [6, 6.07) is 7.19. The molecule has 5 rings (SSSR count). The van der Waals surface area contributed by atoms with Crippen molar-refractivity contribution in [3.8, 4) is 22.8 Å². The molecule has 3 aromatic rings. The number of piperidine rings is 1. The second kappa shape index (κ2) is 9.54. The molecule has 4 atom stereocenters. The molecule has 0 radical (unpaired) electrons. The van der Waals surface area contributed by atoms with Crippen LogP contribution in [0.4, 0.5) is 13.2 Å². The van der Waals surface area contributed by atoms with Crippen LogP contribution in [0, 0.1) is 11.8 Å². The summed E-state index contributed by atoms with van der Waals surface area (Å²) >= 11 is 0. The van der Waals surface area contributed by atoms with Gasteiger partial charge in [-0.1, -0.05) is 6.92 Å². The van der Waals surface area contributed by atoms with Gasteiger partial charge >= 0.3 is 6.18 Å². The molecule has 0 N–H and O–H groups in total. The van der Waals surface area contributed by atoms with Gasteiger partial charge in [0.2, 0.25) is 0 Å². The van der Waals surface area contributed by atoms with Crippen LogP contribution in [0.15, 0.2) is 30.3 Å². The summed E-state index contributed by atoms with van der Waals surface area (Å²) in [4.78, 5) is 20.0. The second-order valence-corrected chi connectivity index (χ2v) is 10.3. The number of likely N-dealkylation sites (tertiary alicyclic amines) is 1. The van der Waals surface area contributed by atoms with Crippen molar-refractivity contribution in [1.29, 1.82) is 0 Å². The van der Waals surface area contributed by atoms with Gasteiger partial charge in [0.15, 0.2) is 28.5 Å². The maximum Gasteiger partial charge on any atom is 0.433 e. The molecule has 37 heavy (non-hydrogen) atoms. The Morgan fingerprint density at radius 3 is 2.46 bits per heavy atom. The molecule has 0 unspecified atom stereocenters. The van der Waals surface area contributed by atoms with Gasteiger partial charge in [-0.2, -0.15) is 18.3 Å². The Balaban J connectivity index is 1.57. The first-order valence-corrected chi connectivity index (χ1v) is 12.6. The number of halogens is 3. The molecule has 2 fully saturated rings. The molecule has 3 heterocycles. The van der Waals surface area contributed by atoms with Gasteiger partial charge in [-0.3, -0.25) is 4.79 Å². The van der Waals surface area contributed by atoms with E-state index in [2.05, 4.69) is 17.0 Å². The van der Waals surface area contributed by atoms with E-state index in [9.17, 15) is 18.0 Å². The summed E-state index contributed by atoms with van der Waals surface area (Å²) in [5.74, 6) is 1.53. The molecule has 1 amide bonds. The average Bonchev–Trinajstić information content (AvgIpc) is 3.31. The highest BCUT2D eigenvalue weighted by Gasteiger charge is 2.42. The number of nitrogens with zero attached hydrogens (tertiary/aromatic N) is 4. The molecule has 2 aliphatic rings. The molecule has 1 aromatic carbocycles. The molecule has 0 bridgehead atoms. The van der Waals surface area contributed by atoms with Gasteiger partial charge in [0.05, 0.1) is 19.9 Å². The maximum atomic E-state index is 14.1. The SMILES string of the molecule is COc1ccc(-c2cc(C(F)(F)F)n3nc(C(=O)N4[C@@H](C)CC[C@@H]5C[C@H](C)CC[C@@H]54)cc3n2)cc1OC. The highest BCUT2D eigenvalue weighted by Crippen LogP contribution is 2.41. The van der Waals surface area contributed by atoms with Gasteiger partial charge in [-0.15, -0.1) is 0 Å². The van der Waals surface area contributed by atoms with Crippen LogP contribution < -0.4 is 9.47 Å². The molecule has 2 aromatic heterocycles. The summed E-state index contributed by atoms with van der Waals surface area (Å²) < 4.78 is 53.7. The number of carbonyl (C=O) groups excluding carboxylic acids is 1. The predicted octanol–water partition coefficient (Wildman–Crippen LogP) is 5.86. The minimum atomic E-state index is -4.71. The third-order valence-electron chi connectivity index (χ3n) is 7.84. The van der Waals surface area contributed by atoms with Crippen LogP contribution in [-0.4, -0.2) is 51.7 Å². The van der Waals surface area contributed by atoms with Crippen LogP contribution in [-0.2, 0) is 6.18 Å². The summed E-state index contributed by atoms with van der Waals surface area (Å²) in [6.07, 6.45) is 0.257. The maximum absolute atomic E-state index is 14.1. The zero-order chi connectivity index (χ0) is 26.5. The standard InChI is InChI=1S/C27H31F3N4O3/c1-15-5-9-21-18(11-15)7-6-16(2)33(21)26(35)20-14-25-31-19(13-24(27(28,29)30)34(25)32-20)17-8-10-22(36-3)23(12-17)37-4/h8,10,12-16,18,21H,5-7,9,11H2,1-4H3/t15-,16+,18-,21+/m1/s1. The summed E-state index contributed by atoms with van der Waals surface area (Å²) in [5.41, 5.74) is -0.552. The molecule has 1 aliphatic heterocycles. The third-order valence-corrected chi connectivity index (χ3v) is 7.84. The smallest absolute Gasteiger partial charge is 0.433 e. The number of rotatable bonds is 4. The van der Waals surface area contributed by atoms with E-state index in [0.29, 0.717) is 28.9 Å². The van der Waals surface area contributed by atoms with Crippen LogP contribution in [0.1, 0.15) is 62.1 Å². The van der Waals surface area contributed by atoms with Crippen LogP contribution >= 0.6 is 0 Å². The first kappa shape index (κ1) is 25.4. The van der Waals surface area contributed by atoms with E-state index in [-0.39, 0.29) is 35.0 Å². The number of hydrogen-bond acceptors (Lipinski definition) is 5. The average molecular weight is 517 g/mol. The van der Waals surface area contributed by atoms with Crippen molar-refractivity contribution >= 4 is 11.6 Å². The monoisotopic (exact) mass is 516 g/mol. The number of hydrogen-bond donors (Lipinski definition) is 0. The minimum Gasteiger partial charge on any atom is -0.493 e. The molecule has 10 heteroatoms. The van der Waals surface area contributed by atoms with Crippen LogP contribution in [0.5, 0.6) is 11.5 Å². The summed E-state index contributed by atoms with van der Waals surface area (Å²) in [6.45, 7) is 4.25. The topological polar surface area (TPSA) is 69.0 Å². The van der Waals surface area contributed by atoms with E-state index in [4.69, 9.17) is 9.47 Å². The van der Waals surface area contributed by atoms with Crippen LogP contribution in [0.3, 0.4) is 0 Å². The molecular weight excluding hydrogens is 485 g/mol. The van der Waals surface area contributed by atoms with E-state index in [0.717, 1.165) is 42.7 Å². The van der Waals surface area contributed by atoms with Crippen molar-refractivity contribution in [2.24, 2.45) is 11.8 Å². The fourth-order valence-corrected chi connectivity index (χ4v) is 5.99. The predicted molar refractivity (Wildman–Crippen MR) is 132 cm³/mol. The first-order chi connectivity index (χ1) is 17.6. The Labute approximate surface area is 213 Å². The number of fused-ring (bicyclic) bond motifs is 2. The second-order valence-electron chi connectivity index (χ2n) is 10.3. The van der Waals surface area contributed by atoms with Crippen molar-refractivity contribution in [2.45, 2.75) is 64.2 Å². The molecule has 1 saturated heterocycles. The lowest BCUT2D eigenvalue weighted by Gasteiger charge is -2.48. The molecule has 7 nitrogen and oxygen atoms in total. The number of ether oxygens (including phenoxy) is 2. The lowest BCUT2D eigenvalue weighted by atomic mass is 9.72. The fraction of sp³-hybridized carbons (Fsp3) is 0.519. The largest absolute Gasteiger partial charge is 0.493 e. The zero-order valence-corrected chi connectivity index (χ0v) is 21.4. The van der Waals surface area contributed by atoms with Gasteiger partial charge < -0.3 is 14.4 Å². The lowest BCUT2D eigenvalue weighted by molar-refractivity contribution is -0.142. The van der Waals surface area contributed by atoms with Crippen molar-refractivity contribution in [3.63, 3.8) is 0 Å². The Morgan fingerprint density at radius 1 is 1.00 bits per heavy atom. The van der Waals surface area contributed by atoms with Gasteiger partial charge in [0.25, 0.3) is 5.91 Å². The lowest BCUT2D eigenvalue weighted by Crippen LogP contribution is -2.54. The van der Waals surface area contributed by atoms with Crippen molar-refractivity contribution in [2.75, 3.05) is 14.2 Å². The normalized spacial score (nSPS) is 24.1. The number of methoxy groups -OCH3 is 2. The van der Waals surface area contributed by atoms with E-state index in [1.807, 2.05) is 11.8 Å². The fourth-order valence-electron chi connectivity index (χ4n) is 5.99. The molecule has 0 spiro atoms. The van der Waals surface area contributed by atoms with Crippen molar-refractivity contribution in [1.82, 2.24) is 19.5 Å². The molecule has 1 aliphatic carbocycles. The number of amides is 1. The van der Waals surface area contributed by atoms with Crippen molar-refractivity contribution in [3.05, 3.63) is 41.7 Å². The van der Waals surface area contributed by atoms with E-state index in [1.165, 1.54) is 20.3 Å². The molecule has 1 saturated carbocycles. The minimum absolute atomic E-state index is 0.00402. The highest BCUT2D eigenvalue weighted by atomic mass is 19.4. The van der Waals surface area contributed by atoms with E-state index in [1.54, 1.807) is 18.2 Å². The van der Waals surface area contributed by atoms with Crippen LogP contribution in [0.25, 0.3) is 16.9 Å². The third kappa shape index (κ3) is 4.62. The van der Waals surface area contributed by atoms with Crippen molar-refractivity contribution < 1.29 is 27.4 Å². The zero-order valence-electron chi connectivity index (χ0n) is 21.4. The Hall–Kier alpha value is -3.30. The van der Waals surface area contributed by atoms with E-state index < -0.39 is 11.9 Å². The highest BCUT2D eigenvalue weighted by molar-refractivity contribution is 5.94. The number of carbonyl (C=O) groups is 1. The Kier molecular flexibility index (Phi) is 6.53. The summed E-state index contributed by atoms with van der Waals surface area (Å²) in [7, 11) is 2.93. The number of aromatic nitrogens is 3. The first-order valence-electron chi connectivity index (χ1n) is 12.6. The summed E-state index contributed by atoms with van der Waals surface area (Å²) in [5, 5.41) is 4.14. The van der Waals surface area contributed by atoms with Gasteiger partial charge in [0, 0.05) is 23.7 Å². The van der Waals surface area contributed by atoms with Crippen LogP contribution in [0.2, 0.25) is 0 Å². The van der Waals surface area contributed by atoms with E-state index >= 15 is 0 Å². The number of alkyl halides is 3. The van der Waals surface area contributed by atoms with Gasteiger partial charge in [-0.05, 0) is 75.1 Å². The Bertz CT molecular complexity index is 1320.